The Balaban J connectivity index is 1.63. The Bertz CT molecular complexity index is 738. The molecule has 1 amide bonds. The molecule has 0 aliphatic carbocycles. The average Bonchev–Trinajstić information content (AvgIpc) is 2.97. The molecule has 0 spiro atoms. The number of sulfonamides is 1. The Morgan fingerprint density at radius 1 is 1.46 bits per heavy atom. The van der Waals surface area contributed by atoms with Gasteiger partial charge in [-0.15, -0.1) is 0 Å². The summed E-state index contributed by atoms with van der Waals surface area (Å²) in [6, 6.07) is 5.10. The molecular weight excluding hydrogens is 352 g/mol. The average molecular weight is 373 g/mol. The second-order valence-corrected chi connectivity index (χ2v) is 8.69. The van der Waals surface area contributed by atoms with Gasteiger partial charge in [0.2, 0.25) is 10.0 Å². The number of benzene rings is 1. The SMILES string of the molecule is CCS(=O)(=O)N[C@H]1CCCN(C(=O)[C@@H]2Cc3cc(Cl)ccc3O2)C1. The van der Waals surface area contributed by atoms with Crippen LogP contribution in [0.3, 0.4) is 0 Å². The van der Waals surface area contributed by atoms with Crippen molar-refractivity contribution >= 4 is 27.5 Å². The Morgan fingerprint density at radius 2 is 2.25 bits per heavy atom. The number of nitrogens with zero attached hydrogens (tertiary/aromatic N) is 1. The highest BCUT2D eigenvalue weighted by Gasteiger charge is 2.35. The first kappa shape index (κ1) is 17.5. The second kappa shape index (κ2) is 6.90. The van der Waals surface area contributed by atoms with Crippen molar-refractivity contribution in [2.24, 2.45) is 0 Å². The fraction of sp³-hybridized carbons (Fsp3) is 0.562. The maximum absolute atomic E-state index is 12.7. The highest BCUT2D eigenvalue weighted by Crippen LogP contribution is 2.32. The number of carbonyl (C=O) groups excluding carboxylic acids is 1. The van der Waals surface area contributed by atoms with E-state index < -0.39 is 16.1 Å². The van der Waals surface area contributed by atoms with E-state index in [0.29, 0.717) is 30.3 Å². The first-order valence-electron chi connectivity index (χ1n) is 8.12. The van der Waals surface area contributed by atoms with E-state index in [4.69, 9.17) is 16.3 Å². The van der Waals surface area contributed by atoms with Crippen LogP contribution in [0.15, 0.2) is 18.2 Å². The maximum Gasteiger partial charge on any atom is 0.264 e. The monoisotopic (exact) mass is 372 g/mol. The van der Waals surface area contributed by atoms with Crippen LogP contribution in [0.5, 0.6) is 5.75 Å². The van der Waals surface area contributed by atoms with Gasteiger partial charge in [-0.2, -0.15) is 0 Å². The fourth-order valence-electron chi connectivity index (χ4n) is 3.17. The van der Waals surface area contributed by atoms with Gasteiger partial charge in [0.1, 0.15) is 5.75 Å². The van der Waals surface area contributed by atoms with Crippen LogP contribution in [0.4, 0.5) is 0 Å². The molecular formula is C16H21ClN2O4S. The normalized spacial score (nSPS) is 23.7. The summed E-state index contributed by atoms with van der Waals surface area (Å²) < 4.78 is 31.9. The summed E-state index contributed by atoms with van der Waals surface area (Å²) in [5.74, 6) is 0.639. The highest BCUT2D eigenvalue weighted by molar-refractivity contribution is 7.89. The lowest BCUT2D eigenvalue weighted by Gasteiger charge is -2.34. The molecule has 132 valence electrons. The summed E-state index contributed by atoms with van der Waals surface area (Å²) in [7, 11) is -3.27. The smallest absolute Gasteiger partial charge is 0.264 e. The topological polar surface area (TPSA) is 75.7 Å². The van der Waals surface area contributed by atoms with Crippen molar-refractivity contribution in [3.63, 3.8) is 0 Å². The Kier molecular flexibility index (Phi) is 5.03. The Morgan fingerprint density at radius 3 is 3.00 bits per heavy atom. The predicted molar refractivity (Wildman–Crippen MR) is 91.8 cm³/mol. The van der Waals surface area contributed by atoms with Gasteiger partial charge in [0.25, 0.3) is 5.91 Å². The lowest BCUT2D eigenvalue weighted by atomic mass is 10.0. The number of piperidine rings is 1. The van der Waals surface area contributed by atoms with E-state index in [1.54, 1.807) is 24.0 Å². The molecule has 2 aliphatic rings. The zero-order valence-electron chi connectivity index (χ0n) is 13.5. The molecule has 1 N–H and O–H groups in total. The van der Waals surface area contributed by atoms with Crippen LogP contribution in [-0.4, -0.2) is 50.2 Å². The highest BCUT2D eigenvalue weighted by atomic mass is 35.5. The number of amides is 1. The molecule has 1 aromatic carbocycles. The molecule has 2 atom stereocenters. The van der Waals surface area contributed by atoms with Crippen molar-refractivity contribution in [2.45, 2.75) is 38.3 Å². The van der Waals surface area contributed by atoms with E-state index in [9.17, 15) is 13.2 Å². The standard InChI is InChI=1S/C16H21ClN2O4S/c1-2-24(21,22)18-13-4-3-7-19(10-13)16(20)15-9-11-8-12(17)5-6-14(11)23-15/h5-6,8,13,15,18H,2-4,7,9-10H2,1H3/t13-,15-/m0/s1. The first-order chi connectivity index (χ1) is 11.4. The van der Waals surface area contributed by atoms with Gasteiger partial charge in [0.15, 0.2) is 6.10 Å². The van der Waals surface area contributed by atoms with Crippen molar-refractivity contribution in [1.82, 2.24) is 9.62 Å². The molecule has 6 nitrogen and oxygen atoms in total. The van der Waals surface area contributed by atoms with Crippen LogP contribution >= 0.6 is 11.6 Å². The molecule has 2 aliphatic heterocycles. The zero-order valence-corrected chi connectivity index (χ0v) is 15.1. The number of hydrogen-bond acceptors (Lipinski definition) is 4. The van der Waals surface area contributed by atoms with Crippen LogP contribution in [-0.2, 0) is 21.2 Å². The molecule has 0 radical (unpaired) electrons. The summed E-state index contributed by atoms with van der Waals surface area (Å²) >= 11 is 5.98. The molecule has 2 heterocycles. The van der Waals surface area contributed by atoms with Gasteiger partial charge < -0.3 is 9.64 Å². The van der Waals surface area contributed by atoms with E-state index in [1.165, 1.54) is 0 Å². The van der Waals surface area contributed by atoms with E-state index in [2.05, 4.69) is 4.72 Å². The lowest BCUT2D eigenvalue weighted by molar-refractivity contribution is -0.139. The number of hydrogen-bond donors (Lipinski definition) is 1. The number of rotatable bonds is 4. The van der Waals surface area contributed by atoms with Gasteiger partial charge in [0.05, 0.1) is 5.75 Å². The summed E-state index contributed by atoms with van der Waals surface area (Å²) in [6.07, 6.45) is 1.45. The molecule has 0 aromatic heterocycles. The number of fused-ring (bicyclic) bond motifs is 1. The molecule has 8 heteroatoms. The van der Waals surface area contributed by atoms with Crippen molar-refractivity contribution in [3.05, 3.63) is 28.8 Å². The molecule has 1 fully saturated rings. The molecule has 0 bridgehead atoms. The van der Waals surface area contributed by atoms with E-state index in [0.717, 1.165) is 18.4 Å². The quantitative estimate of drug-likeness (QED) is 0.870. The predicted octanol–water partition coefficient (Wildman–Crippen LogP) is 1.57. The minimum absolute atomic E-state index is 0.0409. The number of likely N-dealkylation sites (tertiary alicyclic amines) is 1. The first-order valence-corrected chi connectivity index (χ1v) is 10.1. The van der Waals surface area contributed by atoms with Crippen LogP contribution in [0.25, 0.3) is 0 Å². The van der Waals surface area contributed by atoms with Crippen LogP contribution < -0.4 is 9.46 Å². The third-order valence-electron chi connectivity index (χ3n) is 4.43. The molecule has 0 unspecified atom stereocenters. The summed E-state index contributed by atoms with van der Waals surface area (Å²) in [5, 5.41) is 0.623. The van der Waals surface area contributed by atoms with E-state index >= 15 is 0 Å². The minimum Gasteiger partial charge on any atom is -0.480 e. The maximum atomic E-state index is 12.7. The summed E-state index contributed by atoms with van der Waals surface area (Å²) in [4.78, 5) is 14.4. The zero-order chi connectivity index (χ0) is 17.3. The third kappa shape index (κ3) is 3.84. The van der Waals surface area contributed by atoms with Crippen LogP contribution in [0.1, 0.15) is 25.3 Å². The largest absolute Gasteiger partial charge is 0.480 e. The molecule has 0 saturated carbocycles. The molecule has 3 rings (SSSR count). The van der Waals surface area contributed by atoms with Gasteiger partial charge in [0, 0.05) is 30.6 Å². The van der Waals surface area contributed by atoms with Crippen molar-refractivity contribution in [2.75, 3.05) is 18.8 Å². The van der Waals surface area contributed by atoms with Crippen molar-refractivity contribution in [1.29, 1.82) is 0 Å². The van der Waals surface area contributed by atoms with Gasteiger partial charge in [-0.1, -0.05) is 11.6 Å². The van der Waals surface area contributed by atoms with Crippen LogP contribution in [0, 0.1) is 0 Å². The number of nitrogens with one attached hydrogen (secondary N) is 1. The molecule has 1 aromatic rings. The number of ether oxygens (including phenoxy) is 1. The van der Waals surface area contributed by atoms with E-state index in [1.807, 2.05) is 6.07 Å². The summed E-state index contributed by atoms with van der Waals surface area (Å²) in [5.41, 5.74) is 0.932. The molecule has 24 heavy (non-hydrogen) atoms. The van der Waals surface area contributed by atoms with Gasteiger partial charge in [-0.25, -0.2) is 13.1 Å². The third-order valence-corrected chi connectivity index (χ3v) is 6.12. The fourth-order valence-corrected chi connectivity index (χ4v) is 4.23. The summed E-state index contributed by atoms with van der Waals surface area (Å²) in [6.45, 7) is 2.61. The van der Waals surface area contributed by atoms with Crippen molar-refractivity contribution < 1.29 is 17.9 Å². The minimum atomic E-state index is -3.27. The Hall–Kier alpha value is -1.31. The van der Waals surface area contributed by atoms with E-state index in [-0.39, 0.29) is 17.7 Å². The van der Waals surface area contributed by atoms with Crippen LogP contribution in [0.2, 0.25) is 5.02 Å². The van der Waals surface area contributed by atoms with Gasteiger partial charge in [-0.3, -0.25) is 4.79 Å². The van der Waals surface area contributed by atoms with Gasteiger partial charge >= 0.3 is 0 Å². The Labute approximate surface area is 147 Å². The second-order valence-electron chi connectivity index (χ2n) is 6.21. The molecule has 1 saturated heterocycles. The lowest BCUT2D eigenvalue weighted by Crippen LogP contribution is -2.52. The number of halogens is 1. The van der Waals surface area contributed by atoms with Gasteiger partial charge in [-0.05, 0) is 43.5 Å². The van der Waals surface area contributed by atoms with Crippen molar-refractivity contribution in [3.8, 4) is 5.75 Å². The number of carbonyl (C=O) groups is 1.